The Kier molecular flexibility index (Phi) is 5.10. The Hall–Kier alpha value is -0.240. The fraction of sp³-hybridized carbons (Fsp3) is 0.538. The fourth-order valence-corrected chi connectivity index (χ4v) is 2.47. The third-order valence-corrected chi connectivity index (χ3v) is 4.14. The zero-order valence-corrected chi connectivity index (χ0v) is 11.6. The van der Waals surface area contributed by atoms with Crippen LogP contribution in [0.4, 0.5) is 0 Å². The summed E-state index contributed by atoms with van der Waals surface area (Å²) in [6.07, 6.45) is 2.17. The predicted octanol–water partition coefficient (Wildman–Crippen LogP) is 4.27. The lowest BCUT2D eigenvalue weighted by Crippen LogP contribution is -2.35. The van der Waals surface area contributed by atoms with Crippen LogP contribution in [0, 0.1) is 0 Å². The number of benzene rings is 1. The predicted molar refractivity (Wildman–Crippen MR) is 72.6 cm³/mol. The summed E-state index contributed by atoms with van der Waals surface area (Å²) in [5, 5.41) is 4.53. The van der Waals surface area contributed by atoms with Crippen LogP contribution in [0.15, 0.2) is 18.2 Å². The normalized spacial score (nSPS) is 11.8. The van der Waals surface area contributed by atoms with E-state index in [1.54, 1.807) is 0 Å². The zero-order chi connectivity index (χ0) is 12.2. The van der Waals surface area contributed by atoms with E-state index in [4.69, 9.17) is 23.2 Å². The van der Waals surface area contributed by atoms with Gasteiger partial charge in [0.05, 0.1) is 10.0 Å². The van der Waals surface area contributed by atoms with Crippen molar-refractivity contribution in [1.29, 1.82) is 0 Å². The highest BCUT2D eigenvalue weighted by Crippen LogP contribution is 2.34. The lowest BCUT2D eigenvalue weighted by molar-refractivity contribution is 0.380. The van der Waals surface area contributed by atoms with Gasteiger partial charge in [-0.1, -0.05) is 43.1 Å². The molecule has 0 aliphatic heterocycles. The van der Waals surface area contributed by atoms with E-state index in [1.807, 2.05) is 19.2 Å². The second-order valence-electron chi connectivity index (χ2n) is 4.15. The average molecular weight is 260 g/mol. The van der Waals surface area contributed by atoms with E-state index < -0.39 is 0 Å². The third-order valence-electron chi connectivity index (χ3n) is 3.40. The Labute approximate surface area is 108 Å². The van der Waals surface area contributed by atoms with Gasteiger partial charge in [-0.15, -0.1) is 0 Å². The Morgan fingerprint density at radius 1 is 1.12 bits per heavy atom. The van der Waals surface area contributed by atoms with Crippen molar-refractivity contribution in [3.63, 3.8) is 0 Å². The second kappa shape index (κ2) is 5.90. The van der Waals surface area contributed by atoms with Crippen LogP contribution >= 0.6 is 23.2 Å². The first-order chi connectivity index (χ1) is 7.59. The molecule has 0 atom stereocenters. The summed E-state index contributed by atoms with van der Waals surface area (Å²) in [4.78, 5) is 0. The number of rotatable bonds is 5. The Balaban J connectivity index is 3.14. The van der Waals surface area contributed by atoms with Gasteiger partial charge in [-0.05, 0) is 37.6 Å². The van der Waals surface area contributed by atoms with E-state index in [2.05, 4.69) is 25.2 Å². The largest absolute Gasteiger partial charge is 0.319 e. The zero-order valence-electron chi connectivity index (χ0n) is 10.1. The molecule has 16 heavy (non-hydrogen) atoms. The summed E-state index contributed by atoms with van der Waals surface area (Å²) in [6, 6.07) is 5.96. The maximum Gasteiger partial charge on any atom is 0.0595 e. The molecule has 0 radical (unpaired) electrons. The molecular formula is C13H19Cl2N. The monoisotopic (exact) mass is 259 g/mol. The van der Waals surface area contributed by atoms with Gasteiger partial charge in [0.25, 0.3) is 0 Å². The van der Waals surface area contributed by atoms with Crippen LogP contribution in [0.5, 0.6) is 0 Å². The van der Waals surface area contributed by atoms with Crippen molar-refractivity contribution in [2.45, 2.75) is 32.1 Å². The molecule has 0 bridgehead atoms. The van der Waals surface area contributed by atoms with Crippen LogP contribution in [-0.2, 0) is 5.41 Å². The van der Waals surface area contributed by atoms with Gasteiger partial charge < -0.3 is 5.32 Å². The van der Waals surface area contributed by atoms with Crippen LogP contribution in [0.2, 0.25) is 10.0 Å². The SMILES string of the molecule is CCC(CC)(CNC)c1ccc(Cl)c(Cl)c1. The van der Waals surface area contributed by atoms with Gasteiger partial charge in [0.2, 0.25) is 0 Å². The molecule has 3 heteroatoms. The number of likely N-dealkylation sites (N-methyl/N-ethyl adjacent to an activating group) is 1. The van der Waals surface area contributed by atoms with Gasteiger partial charge >= 0.3 is 0 Å². The van der Waals surface area contributed by atoms with Crippen molar-refractivity contribution >= 4 is 23.2 Å². The Morgan fingerprint density at radius 3 is 2.19 bits per heavy atom. The van der Waals surface area contributed by atoms with Gasteiger partial charge in [0, 0.05) is 12.0 Å². The first-order valence-corrected chi connectivity index (χ1v) is 6.45. The smallest absolute Gasteiger partial charge is 0.0595 e. The van der Waals surface area contributed by atoms with Gasteiger partial charge in [-0.2, -0.15) is 0 Å². The molecule has 0 saturated heterocycles. The second-order valence-corrected chi connectivity index (χ2v) is 4.96. The van der Waals surface area contributed by atoms with Crippen LogP contribution in [0.25, 0.3) is 0 Å². The summed E-state index contributed by atoms with van der Waals surface area (Å²) < 4.78 is 0. The molecule has 1 nitrogen and oxygen atoms in total. The maximum absolute atomic E-state index is 6.08. The van der Waals surface area contributed by atoms with Gasteiger partial charge in [0.15, 0.2) is 0 Å². The van der Waals surface area contributed by atoms with Crippen LogP contribution < -0.4 is 5.32 Å². The first kappa shape index (κ1) is 13.8. The van der Waals surface area contributed by atoms with E-state index in [0.717, 1.165) is 19.4 Å². The van der Waals surface area contributed by atoms with Crippen LogP contribution in [0.3, 0.4) is 0 Å². The minimum atomic E-state index is 0.156. The molecule has 1 aromatic rings. The van der Waals surface area contributed by atoms with Crippen molar-refractivity contribution in [2.24, 2.45) is 0 Å². The van der Waals surface area contributed by atoms with E-state index in [-0.39, 0.29) is 5.41 Å². The summed E-state index contributed by atoms with van der Waals surface area (Å²) in [5.41, 5.74) is 1.42. The number of hydrogen-bond donors (Lipinski definition) is 1. The summed E-state index contributed by atoms with van der Waals surface area (Å²) >= 11 is 12.0. The molecule has 0 aliphatic rings. The lowest BCUT2D eigenvalue weighted by Gasteiger charge is -2.32. The molecule has 0 fully saturated rings. The highest BCUT2D eigenvalue weighted by molar-refractivity contribution is 6.42. The molecule has 0 aliphatic carbocycles. The van der Waals surface area contributed by atoms with Crippen molar-refractivity contribution < 1.29 is 0 Å². The van der Waals surface area contributed by atoms with Crippen LogP contribution in [-0.4, -0.2) is 13.6 Å². The minimum absolute atomic E-state index is 0.156. The summed E-state index contributed by atoms with van der Waals surface area (Å²) in [6.45, 7) is 5.38. The molecule has 0 amide bonds. The van der Waals surface area contributed by atoms with Crippen molar-refractivity contribution in [3.8, 4) is 0 Å². The molecule has 0 unspecified atom stereocenters. The fourth-order valence-electron chi connectivity index (χ4n) is 2.17. The van der Waals surface area contributed by atoms with Gasteiger partial charge in [0.1, 0.15) is 0 Å². The minimum Gasteiger partial charge on any atom is -0.319 e. The Bertz CT molecular complexity index is 346. The molecule has 1 N–H and O–H groups in total. The van der Waals surface area contributed by atoms with E-state index in [9.17, 15) is 0 Å². The molecule has 90 valence electrons. The average Bonchev–Trinajstić information content (AvgIpc) is 2.30. The number of halogens is 2. The molecular weight excluding hydrogens is 241 g/mol. The van der Waals surface area contributed by atoms with Gasteiger partial charge in [-0.25, -0.2) is 0 Å². The van der Waals surface area contributed by atoms with Crippen LogP contribution in [0.1, 0.15) is 32.3 Å². The van der Waals surface area contributed by atoms with E-state index >= 15 is 0 Å². The van der Waals surface area contributed by atoms with Crippen molar-refractivity contribution in [3.05, 3.63) is 33.8 Å². The highest BCUT2D eigenvalue weighted by Gasteiger charge is 2.27. The standard InChI is InChI=1S/C13H19Cl2N/c1-4-13(5-2,9-16-3)10-6-7-11(14)12(15)8-10/h6-8,16H,4-5,9H2,1-3H3. The van der Waals surface area contributed by atoms with Gasteiger partial charge in [-0.3, -0.25) is 0 Å². The number of hydrogen-bond acceptors (Lipinski definition) is 1. The summed E-state index contributed by atoms with van der Waals surface area (Å²) in [5.74, 6) is 0. The first-order valence-electron chi connectivity index (χ1n) is 5.69. The highest BCUT2D eigenvalue weighted by atomic mass is 35.5. The Morgan fingerprint density at radius 2 is 1.75 bits per heavy atom. The quantitative estimate of drug-likeness (QED) is 0.833. The molecule has 1 rings (SSSR count). The topological polar surface area (TPSA) is 12.0 Å². The molecule has 0 aromatic heterocycles. The maximum atomic E-state index is 6.08. The third kappa shape index (κ3) is 2.71. The molecule has 0 heterocycles. The molecule has 0 spiro atoms. The van der Waals surface area contributed by atoms with Crippen molar-refractivity contribution in [2.75, 3.05) is 13.6 Å². The lowest BCUT2D eigenvalue weighted by atomic mass is 9.76. The van der Waals surface area contributed by atoms with Crippen molar-refractivity contribution in [1.82, 2.24) is 5.32 Å². The molecule has 0 saturated carbocycles. The molecule has 1 aromatic carbocycles. The van der Waals surface area contributed by atoms with E-state index in [1.165, 1.54) is 5.56 Å². The summed E-state index contributed by atoms with van der Waals surface area (Å²) in [7, 11) is 1.98. The number of nitrogens with one attached hydrogen (secondary N) is 1. The van der Waals surface area contributed by atoms with E-state index in [0.29, 0.717) is 10.0 Å².